The minimum Gasteiger partial charge on any atom is -0.508 e. The zero-order valence-electron chi connectivity index (χ0n) is 7.82. The van der Waals surface area contributed by atoms with Crippen molar-refractivity contribution in [3.63, 3.8) is 0 Å². The van der Waals surface area contributed by atoms with E-state index in [9.17, 15) is 23.1 Å². The number of aliphatic carboxylic acids is 1. The molecule has 7 heteroatoms. The summed E-state index contributed by atoms with van der Waals surface area (Å²) in [6.45, 7) is 0. The van der Waals surface area contributed by atoms with Crippen molar-refractivity contribution < 1.29 is 28.2 Å². The Labute approximate surface area is 88.1 Å². The zero-order valence-corrected chi connectivity index (χ0v) is 7.82. The van der Waals surface area contributed by atoms with Crippen LogP contribution in [0, 0.1) is 0 Å². The van der Waals surface area contributed by atoms with Gasteiger partial charge in [-0.2, -0.15) is 13.2 Å². The number of aromatic hydroxyl groups is 1. The highest BCUT2D eigenvalue weighted by atomic mass is 19.4. The van der Waals surface area contributed by atoms with Gasteiger partial charge in [-0.15, -0.1) is 0 Å². The van der Waals surface area contributed by atoms with Crippen molar-refractivity contribution in [1.29, 1.82) is 0 Å². The summed E-state index contributed by atoms with van der Waals surface area (Å²) in [7, 11) is 0. The first-order chi connectivity index (χ1) is 7.25. The number of nitrogens with two attached hydrogens (primary N) is 1. The van der Waals surface area contributed by atoms with E-state index < -0.39 is 35.1 Å². The molecule has 0 heterocycles. The Morgan fingerprint density at radius 2 is 1.94 bits per heavy atom. The van der Waals surface area contributed by atoms with Crippen molar-refractivity contribution in [2.75, 3.05) is 0 Å². The van der Waals surface area contributed by atoms with Gasteiger partial charge < -0.3 is 15.9 Å². The lowest BCUT2D eigenvalue weighted by Crippen LogP contribution is -2.24. The fraction of sp³-hybridized carbons (Fsp3) is 0.222. The van der Waals surface area contributed by atoms with E-state index in [2.05, 4.69) is 0 Å². The Morgan fingerprint density at radius 1 is 1.38 bits per heavy atom. The van der Waals surface area contributed by atoms with Crippen LogP contribution in [0.25, 0.3) is 0 Å². The van der Waals surface area contributed by atoms with Crippen molar-refractivity contribution in [2.45, 2.75) is 12.2 Å². The minimum atomic E-state index is -4.76. The Morgan fingerprint density at radius 3 is 2.38 bits per heavy atom. The van der Waals surface area contributed by atoms with Crippen molar-refractivity contribution in [3.05, 3.63) is 29.3 Å². The highest BCUT2D eigenvalue weighted by Gasteiger charge is 2.37. The topological polar surface area (TPSA) is 83.6 Å². The van der Waals surface area contributed by atoms with Gasteiger partial charge in [-0.05, 0) is 12.1 Å². The molecule has 0 aliphatic carbocycles. The smallest absolute Gasteiger partial charge is 0.416 e. The van der Waals surface area contributed by atoms with Gasteiger partial charge >= 0.3 is 12.1 Å². The van der Waals surface area contributed by atoms with Crippen molar-refractivity contribution >= 4 is 5.97 Å². The monoisotopic (exact) mass is 235 g/mol. The van der Waals surface area contributed by atoms with Crippen LogP contribution in [0.2, 0.25) is 0 Å². The molecule has 4 N–H and O–H groups in total. The van der Waals surface area contributed by atoms with Gasteiger partial charge in [-0.1, -0.05) is 6.07 Å². The standard InChI is InChI=1S/C9H8F3NO3/c10-9(11,12)4-2-1-3-5(14)6(4)7(13)8(15)16/h1-3,7,14H,13H2,(H,15,16). The van der Waals surface area contributed by atoms with Gasteiger partial charge in [0, 0.05) is 5.56 Å². The van der Waals surface area contributed by atoms with Gasteiger partial charge in [0.1, 0.15) is 11.8 Å². The molecule has 4 nitrogen and oxygen atoms in total. The van der Waals surface area contributed by atoms with Gasteiger partial charge in [-0.25, -0.2) is 0 Å². The third kappa shape index (κ3) is 2.25. The molecule has 1 aromatic rings. The molecule has 88 valence electrons. The molecule has 0 spiro atoms. The number of carboxylic acids is 1. The predicted molar refractivity (Wildman–Crippen MR) is 47.7 cm³/mol. The highest BCUT2D eigenvalue weighted by Crippen LogP contribution is 2.38. The first kappa shape index (κ1) is 12.3. The molecular formula is C9H8F3NO3. The quantitative estimate of drug-likeness (QED) is 0.725. The summed E-state index contributed by atoms with van der Waals surface area (Å²) in [4.78, 5) is 10.5. The van der Waals surface area contributed by atoms with Gasteiger partial charge in [0.2, 0.25) is 0 Å². The highest BCUT2D eigenvalue weighted by molar-refractivity contribution is 5.77. The van der Waals surface area contributed by atoms with Crippen molar-refractivity contribution in [2.24, 2.45) is 5.73 Å². The Bertz CT molecular complexity index is 417. The average Bonchev–Trinajstić information content (AvgIpc) is 2.14. The molecule has 0 saturated carbocycles. The largest absolute Gasteiger partial charge is 0.508 e. The SMILES string of the molecule is NC(C(=O)O)c1c(O)cccc1C(F)(F)F. The fourth-order valence-corrected chi connectivity index (χ4v) is 1.25. The van der Waals surface area contributed by atoms with Crippen LogP contribution < -0.4 is 5.73 Å². The predicted octanol–water partition coefficient (Wildman–Crippen LogP) is 1.50. The van der Waals surface area contributed by atoms with E-state index in [4.69, 9.17) is 10.8 Å². The normalized spacial score (nSPS) is 13.5. The summed E-state index contributed by atoms with van der Waals surface area (Å²) >= 11 is 0. The maximum absolute atomic E-state index is 12.5. The van der Waals surface area contributed by atoms with Gasteiger partial charge in [0.15, 0.2) is 0 Å². The van der Waals surface area contributed by atoms with Crippen LogP contribution in [0.5, 0.6) is 5.75 Å². The maximum Gasteiger partial charge on any atom is 0.416 e. The third-order valence-electron chi connectivity index (χ3n) is 1.97. The van der Waals surface area contributed by atoms with E-state index in [-0.39, 0.29) is 0 Å². The summed E-state index contributed by atoms with van der Waals surface area (Å²) < 4.78 is 37.5. The number of rotatable bonds is 2. The maximum atomic E-state index is 12.5. The second kappa shape index (κ2) is 4.01. The van der Waals surface area contributed by atoms with Crippen LogP contribution >= 0.6 is 0 Å². The van der Waals surface area contributed by atoms with Gasteiger partial charge in [0.25, 0.3) is 0 Å². The van der Waals surface area contributed by atoms with Crippen LogP contribution in [0.1, 0.15) is 17.2 Å². The number of phenolic OH excluding ortho intramolecular Hbond substituents is 1. The summed E-state index contributed by atoms with van der Waals surface area (Å²) in [5.41, 5.74) is 3.00. The molecule has 0 saturated heterocycles. The fourth-order valence-electron chi connectivity index (χ4n) is 1.25. The summed E-state index contributed by atoms with van der Waals surface area (Å²) in [5.74, 6) is -2.43. The zero-order chi connectivity index (χ0) is 12.5. The van der Waals surface area contributed by atoms with Crippen LogP contribution in [-0.2, 0) is 11.0 Å². The Kier molecular flexibility index (Phi) is 3.09. The number of halogens is 3. The van der Waals surface area contributed by atoms with Crippen molar-refractivity contribution in [3.8, 4) is 5.75 Å². The third-order valence-corrected chi connectivity index (χ3v) is 1.97. The number of carboxylic acid groups (broad SMARTS) is 1. The number of hydrogen-bond donors (Lipinski definition) is 3. The molecule has 1 atom stereocenters. The molecule has 0 aromatic heterocycles. The number of carbonyl (C=O) groups is 1. The molecule has 1 unspecified atom stereocenters. The first-order valence-electron chi connectivity index (χ1n) is 4.12. The molecule has 0 radical (unpaired) electrons. The lowest BCUT2D eigenvalue weighted by atomic mass is 9.99. The molecule has 0 aliphatic heterocycles. The number of benzene rings is 1. The van der Waals surface area contributed by atoms with Crippen molar-refractivity contribution in [1.82, 2.24) is 0 Å². The summed E-state index contributed by atoms with van der Waals surface area (Å²) in [6.07, 6.45) is -4.76. The molecule has 1 aromatic carbocycles. The second-order valence-corrected chi connectivity index (χ2v) is 3.05. The second-order valence-electron chi connectivity index (χ2n) is 3.05. The van der Waals surface area contributed by atoms with Gasteiger partial charge in [0.05, 0.1) is 5.56 Å². The number of phenols is 1. The van der Waals surface area contributed by atoms with Crippen LogP contribution in [0.4, 0.5) is 13.2 Å². The molecule has 0 bridgehead atoms. The lowest BCUT2D eigenvalue weighted by Gasteiger charge is -2.16. The van der Waals surface area contributed by atoms with Crippen LogP contribution in [0.3, 0.4) is 0 Å². The molecule has 0 amide bonds. The molecule has 0 aliphatic rings. The van der Waals surface area contributed by atoms with E-state index in [1.165, 1.54) is 0 Å². The lowest BCUT2D eigenvalue weighted by molar-refractivity contribution is -0.141. The molecule has 0 fully saturated rings. The van der Waals surface area contributed by atoms with Crippen LogP contribution in [0.15, 0.2) is 18.2 Å². The van der Waals surface area contributed by atoms with E-state index in [0.29, 0.717) is 6.07 Å². The number of alkyl halides is 3. The van der Waals surface area contributed by atoms with Gasteiger partial charge in [-0.3, -0.25) is 4.79 Å². The van der Waals surface area contributed by atoms with E-state index >= 15 is 0 Å². The first-order valence-corrected chi connectivity index (χ1v) is 4.12. The van der Waals surface area contributed by atoms with E-state index in [0.717, 1.165) is 12.1 Å². The van der Waals surface area contributed by atoms with E-state index in [1.807, 2.05) is 0 Å². The Balaban J connectivity index is 3.41. The molecule has 16 heavy (non-hydrogen) atoms. The molecular weight excluding hydrogens is 227 g/mol. The summed E-state index contributed by atoms with van der Waals surface area (Å²) in [5, 5.41) is 17.8. The minimum absolute atomic E-state index is 0.665. The summed E-state index contributed by atoms with van der Waals surface area (Å²) in [6, 6.07) is 0.666. The van der Waals surface area contributed by atoms with E-state index in [1.54, 1.807) is 0 Å². The average molecular weight is 235 g/mol. The number of hydrogen-bond acceptors (Lipinski definition) is 3. The molecule has 1 rings (SSSR count). The Hall–Kier alpha value is -1.76. The van der Waals surface area contributed by atoms with Crippen LogP contribution in [-0.4, -0.2) is 16.2 Å².